The fourth-order valence-corrected chi connectivity index (χ4v) is 4.82. The molecule has 0 aliphatic carbocycles. The van der Waals surface area contributed by atoms with Crippen molar-refractivity contribution in [3.63, 3.8) is 0 Å². The SMILES string of the molecule is Cc1cc(-c2csc(NC(=O)C3CC(=O)Nc4ccccc43)n2)c(C)s1. The van der Waals surface area contributed by atoms with Gasteiger partial charge in [-0.3, -0.25) is 9.59 Å². The number of nitrogens with one attached hydrogen (secondary N) is 2. The van der Waals surface area contributed by atoms with Crippen molar-refractivity contribution in [3.05, 3.63) is 51.0 Å². The van der Waals surface area contributed by atoms with Gasteiger partial charge in [0.2, 0.25) is 11.8 Å². The third-order valence-electron chi connectivity index (χ3n) is 4.37. The number of rotatable bonds is 3. The Hall–Kier alpha value is -2.51. The van der Waals surface area contributed by atoms with Crippen LogP contribution in [-0.4, -0.2) is 16.8 Å². The highest BCUT2D eigenvalue weighted by Gasteiger charge is 2.30. The lowest BCUT2D eigenvalue weighted by Crippen LogP contribution is -2.30. The van der Waals surface area contributed by atoms with Crippen LogP contribution < -0.4 is 10.6 Å². The van der Waals surface area contributed by atoms with E-state index in [2.05, 4.69) is 35.5 Å². The zero-order valence-electron chi connectivity index (χ0n) is 14.3. The first-order chi connectivity index (χ1) is 12.5. The Morgan fingerprint density at radius 1 is 1.31 bits per heavy atom. The van der Waals surface area contributed by atoms with Crippen molar-refractivity contribution < 1.29 is 9.59 Å². The monoisotopic (exact) mass is 383 g/mol. The summed E-state index contributed by atoms with van der Waals surface area (Å²) in [5.74, 6) is -0.850. The summed E-state index contributed by atoms with van der Waals surface area (Å²) in [5, 5.41) is 8.20. The first kappa shape index (κ1) is 16.9. The largest absolute Gasteiger partial charge is 0.326 e. The minimum Gasteiger partial charge on any atom is -0.326 e. The highest BCUT2D eigenvalue weighted by molar-refractivity contribution is 7.14. The Labute approximate surface area is 159 Å². The molecule has 0 fully saturated rings. The maximum absolute atomic E-state index is 12.8. The summed E-state index contributed by atoms with van der Waals surface area (Å²) in [7, 11) is 0. The lowest BCUT2D eigenvalue weighted by atomic mass is 9.90. The van der Waals surface area contributed by atoms with Crippen molar-refractivity contribution in [1.29, 1.82) is 0 Å². The number of nitrogens with zero attached hydrogens (tertiary/aromatic N) is 1. The number of carbonyl (C=O) groups excluding carboxylic acids is 2. The zero-order chi connectivity index (χ0) is 18.3. The molecular formula is C19H17N3O2S2. The van der Waals surface area contributed by atoms with Crippen molar-refractivity contribution in [2.45, 2.75) is 26.2 Å². The number of para-hydroxylation sites is 1. The molecule has 3 aromatic rings. The smallest absolute Gasteiger partial charge is 0.234 e. The van der Waals surface area contributed by atoms with Crippen LogP contribution in [0.1, 0.15) is 27.7 Å². The number of aromatic nitrogens is 1. The van der Waals surface area contributed by atoms with Gasteiger partial charge >= 0.3 is 0 Å². The second-order valence-electron chi connectivity index (χ2n) is 6.25. The predicted molar refractivity (Wildman–Crippen MR) is 106 cm³/mol. The number of benzene rings is 1. The molecule has 0 spiro atoms. The lowest BCUT2D eigenvalue weighted by Gasteiger charge is -2.24. The molecule has 0 radical (unpaired) electrons. The minimum absolute atomic E-state index is 0.143. The van der Waals surface area contributed by atoms with Crippen molar-refractivity contribution in [2.75, 3.05) is 10.6 Å². The van der Waals surface area contributed by atoms with Crippen molar-refractivity contribution in [3.8, 4) is 11.3 Å². The molecule has 1 aromatic carbocycles. The van der Waals surface area contributed by atoms with E-state index < -0.39 is 5.92 Å². The Balaban J connectivity index is 1.56. The zero-order valence-corrected chi connectivity index (χ0v) is 16.0. The molecule has 1 aliphatic heterocycles. The van der Waals surface area contributed by atoms with Crippen LogP contribution in [0.15, 0.2) is 35.7 Å². The molecule has 132 valence electrons. The normalized spacial score (nSPS) is 16.1. The molecule has 2 amide bonds. The molecule has 7 heteroatoms. The fourth-order valence-electron chi connectivity index (χ4n) is 3.18. The first-order valence-electron chi connectivity index (χ1n) is 8.24. The molecule has 2 N–H and O–H groups in total. The molecule has 3 heterocycles. The lowest BCUT2D eigenvalue weighted by molar-refractivity contribution is -0.123. The van der Waals surface area contributed by atoms with E-state index in [-0.39, 0.29) is 18.2 Å². The van der Waals surface area contributed by atoms with Gasteiger partial charge in [-0.05, 0) is 31.5 Å². The number of aryl methyl sites for hydroxylation is 2. The van der Waals surface area contributed by atoms with E-state index in [0.29, 0.717) is 10.8 Å². The van der Waals surface area contributed by atoms with E-state index in [0.717, 1.165) is 16.8 Å². The Morgan fingerprint density at radius 2 is 2.12 bits per heavy atom. The summed E-state index contributed by atoms with van der Waals surface area (Å²) >= 11 is 3.13. The molecule has 4 rings (SSSR count). The van der Waals surface area contributed by atoms with Crippen LogP contribution in [0.3, 0.4) is 0 Å². The summed E-state index contributed by atoms with van der Waals surface area (Å²) in [6.07, 6.45) is 0.143. The van der Waals surface area contributed by atoms with Gasteiger partial charge in [-0.1, -0.05) is 18.2 Å². The highest BCUT2D eigenvalue weighted by Crippen LogP contribution is 2.35. The van der Waals surface area contributed by atoms with E-state index >= 15 is 0 Å². The van der Waals surface area contributed by atoms with E-state index in [1.165, 1.54) is 21.1 Å². The number of carbonyl (C=O) groups is 2. The molecule has 0 saturated heterocycles. The summed E-state index contributed by atoms with van der Waals surface area (Å²) in [6.45, 7) is 4.14. The Bertz CT molecular complexity index is 1010. The molecule has 1 aliphatic rings. The van der Waals surface area contributed by atoms with Gasteiger partial charge in [-0.2, -0.15) is 0 Å². The third-order valence-corrected chi connectivity index (χ3v) is 6.09. The van der Waals surface area contributed by atoms with Crippen molar-refractivity contribution in [2.24, 2.45) is 0 Å². The average molecular weight is 383 g/mol. The average Bonchev–Trinajstić information content (AvgIpc) is 3.19. The summed E-state index contributed by atoms with van der Waals surface area (Å²) < 4.78 is 0. The van der Waals surface area contributed by atoms with Gasteiger partial charge in [0.25, 0.3) is 0 Å². The number of hydrogen-bond donors (Lipinski definition) is 2. The van der Waals surface area contributed by atoms with E-state index in [1.807, 2.05) is 29.6 Å². The van der Waals surface area contributed by atoms with Crippen LogP contribution in [0.5, 0.6) is 0 Å². The molecular weight excluding hydrogens is 366 g/mol. The summed E-state index contributed by atoms with van der Waals surface area (Å²) in [5.41, 5.74) is 3.51. The summed E-state index contributed by atoms with van der Waals surface area (Å²) in [4.78, 5) is 31.7. The van der Waals surface area contributed by atoms with Crippen molar-refractivity contribution >= 4 is 45.3 Å². The van der Waals surface area contributed by atoms with Gasteiger partial charge in [0.05, 0.1) is 11.6 Å². The fraction of sp³-hybridized carbons (Fsp3) is 0.211. The first-order valence-corrected chi connectivity index (χ1v) is 9.93. The topological polar surface area (TPSA) is 71.1 Å². The standard InChI is InChI=1S/C19H17N3O2S2/c1-10-7-13(11(2)26-10)16-9-25-19(21-16)22-18(24)14-8-17(23)20-15-6-4-3-5-12(14)15/h3-7,9,14H,8H2,1-2H3,(H,20,23)(H,21,22,24). The quantitative estimate of drug-likeness (QED) is 0.697. The van der Waals surface area contributed by atoms with Gasteiger partial charge in [0.15, 0.2) is 5.13 Å². The molecule has 1 unspecified atom stereocenters. The number of hydrogen-bond acceptors (Lipinski definition) is 5. The number of anilines is 2. The van der Waals surface area contributed by atoms with Crippen LogP contribution in [-0.2, 0) is 9.59 Å². The molecule has 0 bridgehead atoms. The molecule has 2 aromatic heterocycles. The minimum atomic E-state index is -0.502. The van der Waals surface area contributed by atoms with E-state index in [1.54, 1.807) is 11.3 Å². The molecule has 0 saturated carbocycles. The van der Waals surface area contributed by atoms with Gasteiger partial charge in [0.1, 0.15) is 0 Å². The van der Waals surface area contributed by atoms with E-state index in [4.69, 9.17) is 0 Å². The maximum Gasteiger partial charge on any atom is 0.234 e. The van der Waals surface area contributed by atoms with Crippen LogP contribution in [0.25, 0.3) is 11.3 Å². The van der Waals surface area contributed by atoms with Gasteiger partial charge in [-0.15, -0.1) is 22.7 Å². The van der Waals surface area contributed by atoms with Crippen LogP contribution in [0.4, 0.5) is 10.8 Å². The van der Waals surface area contributed by atoms with Crippen LogP contribution in [0.2, 0.25) is 0 Å². The number of thiophene rings is 1. The van der Waals surface area contributed by atoms with E-state index in [9.17, 15) is 9.59 Å². The second-order valence-corrected chi connectivity index (χ2v) is 8.56. The Kier molecular flexibility index (Phi) is 4.34. The maximum atomic E-state index is 12.8. The molecule has 1 atom stereocenters. The second kappa shape index (κ2) is 6.66. The third kappa shape index (κ3) is 3.15. The number of fused-ring (bicyclic) bond motifs is 1. The van der Waals surface area contributed by atoms with Crippen molar-refractivity contribution in [1.82, 2.24) is 4.98 Å². The summed E-state index contributed by atoms with van der Waals surface area (Å²) in [6, 6.07) is 9.53. The van der Waals surface area contributed by atoms with Gasteiger partial charge in [0, 0.05) is 32.8 Å². The molecule has 26 heavy (non-hydrogen) atoms. The molecule has 5 nitrogen and oxygen atoms in total. The van der Waals surface area contributed by atoms with Crippen LogP contribution >= 0.6 is 22.7 Å². The Morgan fingerprint density at radius 3 is 2.88 bits per heavy atom. The predicted octanol–water partition coefficient (Wildman–Crippen LogP) is 4.55. The number of amides is 2. The van der Waals surface area contributed by atoms with Gasteiger partial charge in [-0.25, -0.2) is 4.98 Å². The number of thiazole rings is 1. The van der Waals surface area contributed by atoms with Crippen LogP contribution in [0, 0.1) is 13.8 Å². The van der Waals surface area contributed by atoms with Gasteiger partial charge < -0.3 is 10.6 Å². The highest BCUT2D eigenvalue weighted by atomic mass is 32.1.